The number of methoxy groups -OCH3 is 1. The molecule has 0 radical (unpaired) electrons. The first kappa shape index (κ1) is 15.0. The second-order valence-corrected chi connectivity index (χ2v) is 5.95. The number of rotatable bonds is 5. The third kappa shape index (κ3) is 3.99. The number of carbonyl (C=O) groups is 1. The molecule has 0 amide bonds. The van der Waals surface area contributed by atoms with Crippen LogP contribution in [0.3, 0.4) is 0 Å². The van der Waals surface area contributed by atoms with E-state index in [0.29, 0.717) is 11.3 Å². The van der Waals surface area contributed by atoms with Crippen molar-refractivity contribution in [3.8, 4) is 0 Å². The highest BCUT2D eigenvalue weighted by molar-refractivity contribution is 8.00. The zero-order chi connectivity index (χ0) is 13.8. The van der Waals surface area contributed by atoms with Crippen LogP contribution in [0.4, 0.5) is 4.39 Å². The molecular formula is C13H18FNO2S. The maximum Gasteiger partial charge on any atom is 0.325 e. The molecule has 2 N–H and O–H groups in total. The number of hydrogen-bond donors (Lipinski definition) is 1. The van der Waals surface area contributed by atoms with E-state index in [1.807, 2.05) is 6.92 Å². The fraction of sp³-hybridized carbons (Fsp3) is 0.462. The van der Waals surface area contributed by atoms with Crippen molar-refractivity contribution in [1.82, 2.24) is 0 Å². The zero-order valence-corrected chi connectivity index (χ0v) is 11.6. The van der Waals surface area contributed by atoms with Crippen molar-refractivity contribution in [1.29, 1.82) is 0 Å². The predicted molar refractivity (Wildman–Crippen MR) is 70.9 cm³/mol. The van der Waals surface area contributed by atoms with E-state index in [2.05, 4.69) is 4.74 Å². The van der Waals surface area contributed by atoms with Crippen molar-refractivity contribution in [2.75, 3.05) is 7.11 Å². The number of esters is 1. The summed E-state index contributed by atoms with van der Waals surface area (Å²) in [4.78, 5) is 12.0. The van der Waals surface area contributed by atoms with Crippen molar-refractivity contribution in [2.45, 2.75) is 36.0 Å². The lowest BCUT2D eigenvalue weighted by molar-refractivity contribution is -0.146. The van der Waals surface area contributed by atoms with E-state index in [0.717, 1.165) is 0 Å². The number of hydrogen-bond acceptors (Lipinski definition) is 4. The molecule has 0 aliphatic heterocycles. The number of halogens is 1. The Morgan fingerprint density at radius 1 is 1.56 bits per heavy atom. The number of carbonyl (C=O) groups excluding carboxylic acids is 1. The summed E-state index contributed by atoms with van der Waals surface area (Å²) in [6.45, 7) is 3.53. The molecule has 0 saturated carbocycles. The second-order valence-electron chi connectivity index (χ2n) is 4.47. The lowest BCUT2D eigenvalue weighted by Crippen LogP contribution is -2.47. The molecule has 0 aliphatic rings. The Morgan fingerprint density at radius 2 is 2.17 bits per heavy atom. The quantitative estimate of drug-likeness (QED) is 0.660. The van der Waals surface area contributed by atoms with Crippen LogP contribution in [0.2, 0.25) is 0 Å². The molecule has 0 heterocycles. The summed E-state index contributed by atoms with van der Waals surface area (Å²) in [5.74, 6) is -0.713. The average molecular weight is 271 g/mol. The Bertz CT molecular complexity index is 423. The van der Waals surface area contributed by atoms with Gasteiger partial charge in [-0.2, -0.15) is 0 Å². The van der Waals surface area contributed by atoms with Crippen LogP contribution in [0.5, 0.6) is 0 Å². The van der Waals surface area contributed by atoms with Gasteiger partial charge in [0.1, 0.15) is 11.4 Å². The number of thioether (sulfide) groups is 1. The predicted octanol–water partition coefficient (Wildman–Crippen LogP) is 2.59. The fourth-order valence-corrected chi connectivity index (χ4v) is 2.91. The smallest absolute Gasteiger partial charge is 0.325 e. The minimum atomic E-state index is -1.05. The molecule has 0 saturated heterocycles. The first-order chi connectivity index (χ1) is 8.36. The Kier molecular flexibility index (Phi) is 5.16. The largest absolute Gasteiger partial charge is 0.468 e. The number of benzene rings is 1. The van der Waals surface area contributed by atoms with Gasteiger partial charge in [-0.3, -0.25) is 4.79 Å². The first-order valence-electron chi connectivity index (χ1n) is 5.65. The van der Waals surface area contributed by atoms with Crippen LogP contribution < -0.4 is 5.73 Å². The van der Waals surface area contributed by atoms with E-state index in [9.17, 15) is 9.18 Å². The lowest BCUT2D eigenvalue weighted by Gasteiger charge is -2.24. The molecule has 0 spiro atoms. The average Bonchev–Trinajstić information content (AvgIpc) is 2.30. The molecule has 2 atom stereocenters. The Hall–Kier alpha value is -1.07. The van der Waals surface area contributed by atoms with E-state index in [4.69, 9.17) is 5.73 Å². The van der Waals surface area contributed by atoms with Crippen molar-refractivity contribution in [3.05, 3.63) is 30.1 Å². The summed E-state index contributed by atoms with van der Waals surface area (Å²) in [7, 11) is 1.31. The SMILES string of the molecule is COC(=O)C(C)(N)CC(C)Sc1ccccc1F. The summed E-state index contributed by atoms with van der Waals surface area (Å²) in [6, 6.07) is 6.55. The van der Waals surface area contributed by atoms with E-state index in [1.54, 1.807) is 25.1 Å². The summed E-state index contributed by atoms with van der Waals surface area (Å²) in [5, 5.41) is 0.0102. The molecule has 3 nitrogen and oxygen atoms in total. The molecule has 0 aromatic heterocycles. The summed E-state index contributed by atoms with van der Waals surface area (Å²) in [5.41, 5.74) is 4.83. The van der Waals surface area contributed by atoms with Crippen LogP contribution in [-0.2, 0) is 9.53 Å². The van der Waals surface area contributed by atoms with Crippen LogP contribution in [0.15, 0.2) is 29.2 Å². The molecule has 1 aromatic carbocycles. The summed E-state index contributed by atoms with van der Waals surface area (Å²) >= 11 is 1.36. The minimum absolute atomic E-state index is 0.0102. The van der Waals surface area contributed by atoms with Crippen molar-refractivity contribution < 1.29 is 13.9 Å². The lowest BCUT2D eigenvalue weighted by atomic mass is 9.98. The van der Waals surface area contributed by atoms with E-state index in [1.165, 1.54) is 24.9 Å². The van der Waals surface area contributed by atoms with Crippen molar-refractivity contribution in [2.24, 2.45) is 5.73 Å². The van der Waals surface area contributed by atoms with E-state index in [-0.39, 0.29) is 11.1 Å². The number of ether oxygens (including phenoxy) is 1. The molecule has 0 bridgehead atoms. The van der Waals surface area contributed by atoms with Gasteiger partial charge in [-0.05, 0) is 25.5 Å². The molecule has 2 unspecified atom stereocenters. The topological polar surface area (TPSA) is 52.3 Å². The number of nitrogens with two attached hydrogens (primary N) is 1. The van der Waals surface area contributed by atoms with Gasteiger partial charge in [0.2, 0.25) is 0 Å². The van der Waals surface area contributed by atoms with Gasteiger partial charge in [0, 0.05) is 10.1 Å². The molecule has 100 valence electrons. The maximum absolute atomic E-state index is 13.5. The molecule has 18 heavy (non-hydrogen) atoms. The highest BCUT2D eigenvalue weighted by Crippen LogP contribution is 2.30. The van der Waals surface area contributed by atoms with E-state index >= 15 is 0 Å². The van der Waals surface area contributed by atoms with Crippen LogP contribution in [0.1, 0.15) is 20.3 Å². The van der Waals surface area contributed by atoms with Crippen LogP contribution in [0, 0.1) is 5.82 Å². The zero-order valence-electron chi connectivity index (χ0n) is 10.8. The van der Waals surface area contributed by atoms with Gasteiger partial charge in [-0.25, -0.2) is 4.39 Å². The third-order valence-electron chi connectivity index (χ3n) is 2.53. The Balaban J connectivity index is 2.65. The summed E-state index contributed by atoms with van der Waals surface area (Å²) < 4.78 is 18.1. The summed E-state index contributed by atoms with van der Waals surface area (Å²) in [6.07, 6.45) is 0.415. The first-order valence-corrected chi connectivity index (χ1v) is 6.53. The maximum atomic E-state index is 13.5. The molecular weight excluding hydrogens is 253 g/mol. The van der Waals surface area contributed by atoms with Gasteiger partial charge in [0.25, 0.3) is 0 Å². The molecule has 1 aromatic rings. The van der Waals surface area contributed by atoms with Gasteiger partial charge in [0.15, 0.2) is 0 Å². The Labute approximate surface area is 111 Å². The fourth-order valence-electron chi connectivity index (χ4n) is 1.71. The minimum Gasteiger partial charge on any atom is -0.468 e. The second kappa shape index (κ2) is 6.20. The standard InChI is InChI=1S/C13H18FNO2S/c1-9(8-13(2,15)12(16)17-3)18-11-7-5-4-6-10(11)14/h4-7,9H,8,15H2,1-3H3. The Morgan fingerprint density at radius 3 is 2.72 bits per heavy atom. The van der Waals surface area contributed by atoms with Gasteiger partial charge in [-0.15, -0.1) is 11.8 Å². The van der Waals surface area contributed by atoms with Crippen LogP contribution in [0.25, 0.3) is 0 Å². The molecule has 0 fully saturated rings. The third-order valence-corrected chi connectivity index (χ3v) is 3.68. The van der Waals surface area contributed by atoms with Gasteiger partial charge in [-0.1, -0.05) is 19.1 Å². The molecule has 1 rings (SSSR count). The normalized spacial score (nSPS) is 15.8. The van der Waals surface area contributed by atoms with Gasteiger partial charge < -0.3 is 10.5 Å². The van der Waals surface area contributed by atoms with E-state index < -0.39 is 11.5 Å². The molecule has 5 heteroatoms. The van der Waals surface area contributed by atoms with Crippen molar-refractivity contribution in [3.63, 3.8) is 0 Å². The molecule has 0 aliphatic carbocycles. The highest BCUT2D eigenvalue weighted by Gasteiger charge is 2.31. The van der Waals surface area contributed by atoms with Crippen molar-refractivity contribution >= 4 is 17.7 Å². The monoisotopic (exact) mass is 271 g/mol. The van der Waals surface area contributed by atoms with Gasteiger partial charge >= 0.3 is 5.97 Å². The van der Waals surface area contributed by atoms with Crippen LogP contribution >= 0.6 is 11.8 Å². The van der Waals surface area contributed by atoms with Gasteiger partial charge in [0.05, 0.1) is 7.11 Å². The van der Waals surface area contributed by atoms with Crippen LogP contribution in [-0.4, -0.2) is 23.9 Å². The highest BCUT2D eigenvalue weighted by atomic mass is 32.2.